The van der Waals surface area contributed by atoms with Gasteiger partial charge in [-0.25, -0.2) is 0 Å². The minimum atomic E-state index is 0.0707. The SMILES string of the molecule is CC=C1/C(=C(\C)N)c2ccccc2C1(C)C. The largest absolute Gasteiger partial charge is 0.402 e. The van der Waals surface area contributed by atoms with Gasteiger partial charge >= 0.3 is 0 Å². The molecule has 0 radical (unpaired) electrons. The predicted molar refractivity (Wildman–Crippen MR) is 70.0 cm³/mol. The molecule has 0 heterocycles. The summed E-state index contributed by atoms with van der Waals surface area (Å²) in [6, 6.07) is 8.55. The lowest BCUT2D eigenvalue weighted by molar-refractivity contribution is 0.659. The predicted octanol–water partition coefficient (Wildman–Crippen LogP) is 3.61. The first-order valence-electron chi connectivity index (χ1n) is 5.73. The Hall–Kier alpha value is -1.50. The molecule has 0 fully saturated rings. The Morgan fingerprint density at radius 3 is 2.44 bits per heavy atom. The van der Waals surface area contributed by atoms with Crippen molar-refractivity contribution in [3.05, 3.63) is 52.7 Å². The molecule has 0 amide bonds. The molecule has 84 valence electrons. The fraction of sp³-hybridized carbons (Fsp3) is 0.333. The summed E-state index contributed by atoms with van der Waals surface area (Å²) in [5.74, 6) is 0. The third-order valence-electron chi connectivity index (χ3n) is 3.50. The zero-order valence-corrected chi connectivity index (χ0v) is 10.5. The van der Waals surface area contributed by atoms with Gasteiger partial charge < -0.3 is 5.73 Å². The Balaban J connectivity index is 2.82. The molecule has 0 atom stereocenters. The molecule has 1 aromatic rings. The fourth-order valence-electron chi connectivity index (χ4n) is 2.78. The van der Waals surface area contributed by atoms with Gasteiger partial charge in [0, 0.05) is 16.7 Å². The summed E-state index contributed by atoms with van der Waals surface area (Å²) in [6.07, 6.45) is 2.19. The maximum atomic E-state index is 6.04. The molecule has 0 spiro atoms. The van der Waals surface area contributed by atoms with Crippen LogP contribution in [0.2, 0.25) is 0 Å². The average Bonchev–Trinajstić information content (AvgIpc) is 2.47. The first kappa shape index (κ1) is 11.0. The first-order chi connectivity index (χ1) is 7.50. The summed E-state index contributed by atoms with van der Waals surface area (Å²) in [7, 11) is 0. The molecule has 0 aromatic heterocycles. The lowest BCUT2D eigenvalue weighted by atomic mass is 9.82. The van der Waals surface area contributed by atoms with E-state index in [2.05, 4.69) is 51.1 Å². The van der Waals surface area contributed by atoms with Crippen LogP contribution in [0.1, 0.15) is 38.8 Å². The highest BCUT2D eigenvalue weighted by Gasteiger charge is 2.37. The number of allylic oxidation sites excluding steroid dienone is 4. The van der Waals surface area contributed by atoms with E-state index in [0.29, 0.717) is 0 Å². The number of nitrogens with two attached hydrogens (primary N) is 1. The molecular formula is C15H19N. The van der Waals surface area contributed by atoms with Crippen molar-refractivity contribution in [3.8, 4) is 0 Å². The highest BCUT2D eigenvalue weighted by Crippen LogP contribution is 2.49. The Labute approximate surface area is 97.7 Å². The summed E-state index contributed by atoms with van der Waals surface area (Å²) in [6.45, 7) is 8.59. The van der Waals surface area contributed by atoms with Gasteiger partial charge in [0.15, 0.2) is 0 Å². The van der Waals surface area contributed by atoms with Crippen molar-refractivity contribution in [1.82, 2.24) is 0 Å². The summed E-state index contributed by atoms with van der Waals surface area (Å²) in [5.41, 5.74) is 12.3. The van der Waals surface area contributed by atoms with Crippen LogP contribution < -0.4 is 5.73 Å². The Bertz CT molecular complexity index is 486. The molecule has 0 saturated heterocycles. The fourth-order valence-corrected chi connectivity index (χ4v) is 2.78. The third-order valence-corrected chi connectivity index (χ3v) is 3.50. The van der Waals surface area contributed by atoms with Gasteiger partial charge in [-0.05, 0) is 30.5 Å². The van der Waals surface area contributed by atoms with Gasteiger partial charge in [0.25, 0.3) is 0 Å². The summed E-state index contributed by atoms with van der Waals surface area (Å²) in [5, 5.41) is 0. The van der Waals surface area contributed by atoms with E-state index in [1.54, 1.807) is 0 Å². The molecule has 0 aliphatic heterocycles. The molecule has 16 heavy (non-hydrogen) atoms. The van der Waals surface area contributed by atoms with Gasteiger partial charge in [0.1, 0.15) is 0 Å². The second-order valence-corrected chi connectivity index (χ2v) is 4.93. The van der Waals surface area contributed by atoms with E-state index in [-0.39, 0.29) is 5.41 Å². The Morgan fingerprint density at radius 1 is 1.25 bits per heavy atom. The second kappa shape index (κ2) is 3.51. The molecule has 1 heteroatoms. The van der Waals surface area contributed by atoms with Crippen LogP contribution >= 0.6 is 0 Å². The van der Waals surface area contributed by atoms with E-state index < -0.39 is 0 Å². The number of hydrogen-bond donors (Lipinski definition) is 1. The molecule has 1 aromatic carbocycles. The van der Waals surface area contributed by atoms with E-state index in [9.17, 15) is 0 Å². The van der Waals surface area contributed by atoms with Gasteiger partial charge in [-0.1, -0.05) is 44.2 Å². The van der Waals surface area contributed by atoms with Crippen molar-refractivity contribution in [2.24, 2.45) is 5.73 Å². The van der Waals surface area contributed by atoms with Crippen LogP contribution in [0, 0.1) is 0 Å². The van der Waals surface area contributed by atoms with E-state index >= 15 is 0 Å². The van der Waals surface area contributed by atoms with Crippen molar-refractivity contribution < 1.29 is 0 Å². The minimum Gasteiger partial charge on any atom is -0.402 e. The lowest BCUT2D eigenvalue weighted by Gasteiger charge is -2.21. The van der Waals surface area contributed by atoms with Gasteiger partial charge in [-0.15, -0.1) is 0 Å². The molecule has 2 rings (SSSR count). The number of hydrogen-bond acceptors (Lipinski definition) is 1. The monoisotopic (exact) mass is 213 g/mol. The summed E-state index contributed by atoms with van der Waals surface area (Å²) < 4.78 is 0. The normalized spacial score (nSPS) is 23.4. The highest BCUT2D eigenvalue weighted by molar-refractivity contribution is 5.90. The van der Waals surface area contributed by atoms with Crippen LogP contribution in [0.5, 0.6) is 0 Å². The summed E-state index contributed by atoms with van der Waals surface area (Å²) >= 11 is 0. The molecule has 0 bridgehead atoms. The van der Waals surface area contributed by atoms with Crippen molar-refractivity contribution in [1.29, 1.82) is 0 Å². The van der Waals surface area contributed by atoms with Gasteiger partial charge in [0.2, 0.25) is 0 Å². The molecule has 2 N–H and O–H groups in total. The van der Waals surface area contributed by atoms with Crippen molar-refractivity contribution in [2.75, 3.05) is 0 Å². The molecule has 1 aliphatic rings. The van der Waals surface area contributed by atoms with E-state index in [1.165, 1.54) is 22.3 Å². The van der Waals surface area contributed by atoms with Crippen LogP contribution in [0.15, 0.2) is 41.6 Å². The first-order valence-corrected chi connectivity index (χ1v) is 5.73. The minimum absolute atomic E-state index is 0.0707. The van der Waals surface area contributed by atoms with E-state index in [1.807, 2.05) is 6.92 Å². The van der Waals surface area contributed by atoms with Crippen molar-refractivity contribution in [2.45, 2.75) is 33.1 Å². The smallest absolute Gasteiger partial charge is 0.0156 e. The maximum Gasteiger partial charge on any atom is 0.0156 e. The zero-order valence-electron chi connectivity index (χ0n) is 10.5. The van der Waals surface area contributed by atoms with Crippen LogP contribution in [0.4, 0.5) is 0 Å². The molecule has 1 aliphatic carbocycles. The number of rotatable bonds is 0. The van der Waals surface area contributed by atoms with Gasteiger partial charge in [0.05, 0.1) is 0 Å². The highest BCUT2D eigenvalue weighted by atomic mass is 14.6. The van der Waals surface area contributed by atoms with Crippen LogP contribution in [-0.2, 0) is 5.41 Å². The van der Waals surface area contributed by atoms with Crippen LogP contribution in [0.25, 0.3) is 5.57 Å². The molecule has 0 saturated carbocycles. The van der Waals surface area contributed by atoms with Crippen LogP contribution in [-0.4, -0.2) is 0 Å². The molecule has 1 nitrogen and oxygen atoms in total. The zero-order chi connectivity index (χ0) is 11.9. The lowest BCUT2D eigenvalue weighted by Crippen LogP contribution is -2.15. The Kier molecular flexibility index (Phi) is 2.42. The van der Waals surface area contributed by atoms with Gasteiger partial charge in [-0.2, -0.15) is 0 Å². The quantitative estimate of drug-likeness (QED) is 0.700. The van der Waals surface area contributed by atoms with E-state index in [0.717, 1.165) is 5.70 Å². The Morgan fingerprint density at radius 2 is 1.88 bits per heavy atom. The van der Waals surface area contributed by atoms with Crippen molar-refractivity contribution in [3.63, 3.8) is 0 Å². The maximum absolute atomic E-state index is 6.04. The number of benzene rings is 1. The van der Waals surface area contributed by atoms with E-state index in [4.69, 9.17) is 5.73 Å². The van der Waals surface area contributed by atoms with Gasteiger partial charge in [-0.3, -0.25) is 0 Å². The topological polar surface area (TPSA) is 26.0 Å². The third kappa shape index (κ3) is 1.31. The average molecular weight is 213 g/mol. The summed E-state index contributed by atoms with van der Waals surface area (Å²) in [4.78, 5) is 0. The second-order valence-electron chi connectivity index (χ2n) is 4.93. The molecule has 0 unspecified atom stereocenters. The standard InChI is InChI=1S/C15H19N/c1-5-12-14(10(2)16)11-8-6-7-9-13(11)15(12,3)4/h5-9H,16H2,1-4H3/b12-5?,14-10+. The molecular weight excluding hydrogens is 194 g/mol. The van der Waals surface area contributed by atoms with Crippen molar-refractivity contribution >= 4 is 5.57 Å². The number of fused-ring (bicyclic) bond motifs is 1. The van der Waals surface area contributed by atoms with Crippen LogP contribution in [0.3, 0.4) is 0 Å².